The maximum absolute atomic E-state index is 12.0. The molecule has 0 spiro atoms. The highest BCUT2D eigenvalue weighted by Crippen LogP contribution is 2.12. The van der Waals surface area contributed by atoms with E-state index in [1.165, 1.54) is 7.11 Å². The molecule has 0 aliphatic carbocycles. The molecule has 0 aliphatic heterocycles. The standard InChI is InChI=1S/C20H19NO5/c1-26-16-9-7-15(8-10-16)18(22)11-12-19(23)21-17(20(24)25)13-14-5-3-2-4-6-14/h2-12,17H,13H2,1H3,(H,21,23)(H,24,25)/b12-11+/t17-/m0/s1. The highest BCUT2D eigenvalue weighted by atomic mass is 16.5. The van der Waals surface area contributed by atoms with Gasteiger partial charge in [-0.2, -0.15) is 0 Å². The van der Waals surface area contributed by atoms with Crippen molar-refractivity contribution >= 4 is 17.7 Å². The van der Waals surface area contributed by atoms with Crippen LogP contribution in [0.1, 0.15) is 15.9 Å². The van der Waals surface area contributed by atoms with Crippen molar-refractivity contribution in [2.75, 3.05) is 7.11 Å². The number of ether oxygens (including phenoxy) is 1. The summed E-state index contributed by atoms with van der Waals surface area (Å²) < 4.78 is 5.01. The van der Waals surface area contributed by atoms with Crippen LogP contribution in [0.3, 0.4) is 0 Å². The van der Waals surface area contributed by atoms with Crippen molar-refractivity contribution in [2.24, 2.45) is 0 Å². The Morgan fingerprint density at radius 2 is 1.69 bits per heavy atom. The van der Waals surface area contributed by atoms with E-state index >= 15 is 0 Å². The number of carbonyl (C=O) groups excluding carboxylic acids is 2. The van der Waals surface area contributed by atoms with Gasteiger partial charge in [0, 0.05) is 18.1 Å². The van der Waals surface area contributed by atoms with Crippen molar-refractivity contribution < 1.29 is 24.2 Å². The molecule has 0 saturated carbocycles. The van der Waals surface area contributed by atoms with Crippen LogP contribution in [0.4, 0.5) is 0 Å². The largest absolute Gasteiger partial charge is 0.497 e. The minimum Gasteiger partial charge on any atom is -0.497 e. The minimum absolute atomic E-state index is 0.155. The normalized spacial score (nSPS) is 11.7. The van der Waals surface area contributed by atoms with Gasteiger partial charge in [0.1, 0.15) is 11.8 Å². The summed E-state index contributed by atoms with van der Waals surface area (Å²) >= 11 is 0. The number of hydrogen-bond acceptors (Lipinski definition) is 4. The summed E-state index contributed by atoms with van der Waals surface area (Å²) in [5.74, 6) is -1.53. The molecule has 1 atom stereocenters. The maximum Gasteiger partial charge on any atom is 0.326 e. The van der Waals surface area contributed by atoms with Gasteiger partial charge in [0.15, 0.2) is 5.78 Å². The highest BCUT2D eigenvalue weighted by molar-refractivity contribution is 6.07. The van der Waals surface area contributed by atoms with Crippen LogP contribution in [-0.2, 0) is 16.0 Å². The first-order chi connectivity index (χ1) is 12.5. The number of aliphatic carboxylic acids is 1. The van der Waals surface area contributed by atoms with Gasteiger partial charge in [-0.1, -0.05) is 30.3 Å². The third kappa shape index (κ3) is 5.59. The number of rotatable bonds is 8. The van der Waals surface area contributed by atoms with Crippen LogP contribution in [-0.4, -0.2) is 35.9 Å². The monoisotopic (exact) mass is 353 g/mol. The van der Waals surface area contributed by atoms with Gasteiger partial charge in [-0.3, -0.25) is 9.59 Å². The van der Waals surface area contributed by atoms with E-state index in [2.05, 4.69) is 5.32 Å². The Balaban J connectivity index is 1.97. The Kier molecular flexibility index (Phi) is 6.68. The van der Waals surface area contributed by atoms with Gasteiger partial charge in [-0.15, -0.1) is 0 Å². The molecule has 0 aliphatic rings. The average molecular weight is 353 g/mol. The van der Waals surface area contributed by atoms with Gasteiger partial charge >= 0.3 is 5.97 Å². The molecule has 0 bridgehead atoms. The van der Waals surface area contributed by atoms with Crippen LogP contribution in [0, 0.1) is 0 Å². The second kappa shape index (κ2) is 9.17. The predicted molar refractivity (Wildman–Crippen MR) is 96.2 cm³/mol. The number of nitrogens with one attached hydrogen (secondary N) is 1. The SMILES string of the molecule is COc1ccc(C(=O)/C=C/C(=O)N[C@@H](Cc2ccccc2)C(=O)O)cc1. The smallest absolute Gasteiger partial charge is 0.326 e. The molecule has 0 radical (unpaired) electrons. The van der Waals surface area contributed by atoms with E-state index in [-0.39, 0.29) is 12.2 Å². The third-order valence-corrected chi connectivity index (χ3v) is 3.66. The Morgan fingerprint density at radius 3 is 2.27 bits per heavy atom. The molecule has 0 unspecified atom stereocenters. The van der Waals surface area contributed by atoms with Crippen LogP contribution in [0.5, 0.6) is 5.75 Å². The zero-order valence-corrected chi connectivity index (χ0v) is 14.2. The fourth-order valence-electron chi connectivity index (χ4n) is 2.27. The summed E-state index contributed by atoms with van der Waals surface area (Å²) in [7, 11) is 1.52. The molecule has 0 fully saturated rings. The van der Waals surface area contributed by atoms with Gasteiger partial charge < -0.3 is 15.2 Å². The highest BCUT2D eigenvalue weighted by Gasteiger charge is 2.19. The predicted octanol–water partition coefficient (Wildman–Crippen LogP) is 2.25. The van der Waals surface area contributed by atoms with Crippen molar-refractivity contribution in [1.29, 1.82) is 0 Å². The van der Waals surface area contributed by atoms with E-state index in [0.29, 0.717) is 11.3 Å². The van der Waals surface area contributed by atoms with Gasteiger partial charge in [0.25, 0.3) is 0 Å². The molecule has 0 saturated heterocycles. The molecule has 0 aromatic heterocycles. The number of carboxylic acid groups (broad SMARTS) is 1. The van der Waals surface area contributed by atoms with E-state index in [0.717, 1.165) is 17.7 Å². The molecule has 1 amide bonds. The van der Waals surface area contributed by atoms with Crippen LogP contribution < -0.4 is 10.1 Å². The van der Waals surface area contributed by atoms with E-state index in [9.17, 15) is 19.5 Å². The summed E-state index contributed by atoms with van der Waals surface area (Å²) in [6.07, 6.45) is 2.30. The molecule has 2 N–H and O–H groups in total. The zero-order valence-electron chi connectivity index (χ0n) is 14.2. The lowest BCUT2D eigenvalue weighted by Gasteiger charge is -2.13. The Bertz CT molecular complexity index is 797. The van der Waals surface area contributed by atoms with Gasteiger partial charge in [-0.25, -0.2) is 4.79 Å². The van der Waals surface area contributed by atoms with Crippen molar-refractivity contribution in [3.8, 4) is 5.75 Å². The Hall–Kier alpha value is -3.41. The number of benzene rings is 2. The van der Waals surface area contributed by atoms with Crippen LogP contribution in [0.25, 0.3) is 0 Å². The Labute approximate surface area is 151 Å². The maximum atomic E-state index is 12.0. The van der Waals surface area contributed by atoms with Gasteiger partial charge in [0.2, 0.25) is 5.91 Å². The quantitative estimate of drug-likeness (QED) is 0.561. The van der Waals surface area contributed by atoms with Gasteiger partial charge in [-0.05, 0) is 35.9 Å². The van der Waals surface area contributed by atoms with E-state index in [1.54, 1.807) is 48.5 Å². The lowest BCUT2D eigenvalue weighted by Crippen LogP contribution is -2.41. The fourth-order valence-corrected chi connectivity index (χ4v) is 2.27. The van der Waals surface area contributed by atoms with E-state index < -0.39 is 17.9 Å². The molecule has 2 rings (SSSR count). The summed E-state index contributed by atoms with van der Waals surface area (Å²) in [5, 5.41) is 11.7. The first-order valence-electron chi connectivity index (χ1n) is 7.93. The summed E-state index contributed by atoms with van der Waals surface area (Å²) in [5.41, 5.74) is 1.19. The fraction of sp³-hybridized carbons (Fsp3) is 0.150. The number of allylic oxidation sites excluding steroid dienone is 1. The number of methoxy groups -OCH3 is 1. The number of carboxylic acids is 1. The Morgan fingerprint density at radius 1 is 1.04 bits per heavy atom. The molecule has 2 aromatic carbocycles. The first kappa shape index (κ1) is 18.9. The summed E-state index contributed by atoms with van der Waals surface area (Å²) in [6, 6.07) is 14.3. The molecule has 6 nitrogen and oxygen atoms in total. The summed E-state index contributed by atoms with van der Waals surface area (Å²) in [6.45, 7) is 0. The van der Waals surface area contributed by atoms with Crippen molar-refractivity contribution in [1.82, 2.24) is 5.32 Å². The molecule has 6 heteroatoms. The number of carbonyl (C=O) groups is 3. The van der Waals surface area contributed by atoms with Crippen LogP contribution in [0.2, 0.25) is 0 Å². The molecule has 134 valence electrons. The molecule has 0 heterocycles. The van der Waals surface area contributed by atoms with Crippen molar-refractivity contribution in [2.45, 2.75) is 12.5 Å². The van der Waals surface area contributed by atoms with E-state index in [4.69, 9.17) is 4.74 Å². The summed E-state index contributed by atoms with van der Waals surface area (Å²) in [4.78, 5) is 35.3. The lowest BCUT2D eigenvalue weighted by molar-refractivity contribution is -0.141. The number of amides is 1. The molecule has 26 heavy (non-hydrogen) atoms. The number of hydrogen-bond donors (Lipinski definition) is 2. The van der Waals surface area contributed by atoms with Gasteiger partial charge in [0.05, 0.1) is 7.11 Å². The average Bonchev–Trinajstić information content (AvgIpc) is 2.66. The van der Waals surface area contributed by atoms with Crippen molar-refractivity contribution in [3.05, 3.63) is 77.9 Å². The third-order valence-electron chi connectivity index (χ3n) is 3.66. The van der Waals surface area contributed by atoms with Crippen LogP contribution >= 0.6 is 0 Å². The lowest BCUT2D eigenvalue weighted by atomic mass is 10.1. The minimum atomic E-state index is -1.14. The molecule has 2 aromatic rings. The topological polar surface area (TPSA) is 92.7 Å². The zero-order chi connectivity index (χ0) is 18.9. The first-order valence-corrected chi connectivity index (χ1v) is 7.93. The van der Waals surface area contributed by atoms with E-state index in [1.807, 2.05) is 6.07 Å². The second-order valence-electron chi connectivity index (χ2n) is 5.52. The van der Waals surface area contributed by atoms with Crippen molar-refractivity contribution in [3.63, 3.8) is 0 Å². The van der Waals surface area contributed by atoms with Crippen LogP contribution in [0.15, 0.2) is 66.7 Å². The molecular weight excluding hydrogens is 334 g/mol. The second-order valence-corrected chi connectivity index (χ2v) is 5.52. The number of ketones is 1. The molecular formula is C20H19NO5.